The molecule has 0 aliphatic carbocycles. The van der Waals surface area contributed by atoms with E-state index < -0.39 is 5.91 Å². The highest BCUT2D eigenvalue weighted by Gasteiger charge is 2.32. The van der Waals surface area contributed by atoms with Gasteiger partial charge in [0.15, 0.2) is 11.4 Å². The number of hydrogen-bond donors (Lipinski definition) is 3. The van der Waals surface area contributed by atoms with Gasteiger partial charge in [-0.3, -0.25) is 19.9 Å². The molecule has 1 aliphatic rings. The lowest BCUT2D eigenvalue weighted by Gasteiger charge is -2.08. The number of thiophene rings is 1. The fourth-order valence-electron chi connectivity index (χ4n) is 3.61. The average Bonchev–Trinajstić information content (AvgIpc) is 3.48. The van der Waals surface area contributed by atoms with Gasteiger partial charge in [0, 0.05) is 42.4 Å². The number of carbonyl (C=O) groups excluding carboxylic acids is 3. The number of pyridine rings is 1. The molecule has 5 rings (SSSR count). The summed E-state index contributed by atoms with van der Waals surface area (Å²) in [4.78, 5) is 46.3. The van der Waals surface area contributed by atoms with E-state index >= 15 is 0 Å². The van der Waals surface area contributed by atoms with E-state index in [9.17, 15) is 14.4 Å². The van der Waals surface area contributed by atoms with Crippen LogP contribution in [0.2, 0.25) is 0 Å². The van der Waals surface area contributed by atoms with Crippen LogP contribution in [-0.2, 0) is 11.3 Å². The molecule has 1 aromatic carbocycles. The summed E-state index contributed by atoms with van der Waals surface area (Å²) >= 11 is 1.35. The zero-order valence-electron chi connectivity index (χ0n) is 17.2. The number of carbonyl (C=O) groups is 3. The van der Waals surface area contributed by atoms with Crippen molar-refractivity contribution in [2.45, 2.75) is 13.0 Å². The van der Waals surface area contributed by atoms with Gasteiger partial charge in [-0.25, -0.2) is 4.98 Å². The summed E-state index contributed by atoms with van der Waals surface area (Å²) in [5.74, 6) is -0.526. The van der Waals surface area contributed by atoms with Gasteiger partial charge in [-0.2, -0.15) is 14.7 Å². The van der Waals surface area contributed by atoms with Crippen LogP contribution < -0.4 is 16.4 Å². The van der Waals surface area contributed by atoms with Crippen molar-refractivity contribution in [1.82, 2.24) is 14.5 Å². The maximum Gasteiger partial charge on any atom is 0.501 e. The van der Waals surface area contributed by atoms with Crippen LogP contribution >= 0.6 is 11.3 Å². The lowest BCUT2D eigenvalue weighted by Crippen LogP contribution is -2.18. The molecule has 4 amide bonds. The number of aromatic nitrogens is 3. The molecular formula is C22H18N7O3S+. The number of nitrogens with zero attached hydrogens (tertiary/aromatic N) is 4. The Morgan fingerprint density at radius 3 is 2.76 bits per heavy atom. The van der Waals surface area contributed by atoms with Crippen molar-refractivity contribution < 1.29 is 19.0 Å². The monoisotopic (exact) mass is 460 g/mol. The van der Waals surface area contributed by atoms with Gasteiger partial charge >= 0.3 is 6.03 Å². The predicted molar refractivity (Wildman–Crippen MR) is 125 cm³/mol. The number of imidazole rings is 1. The van der Waals surface area contributed by atoms with Gasteiger partial charge in [-0.05, 0) is 29.8 Å². The molecule has 164 valence electrons. The number of aryl methyl sites for hydroxylation is 1. The first-order valence-corrected chi connectivity index (χ1v) is 10.8. The number of urea groups is 1. The van der Waals surface area contributed by atoms with Crippen LogP contribution in [0, 0.1) is 0 Å². The van der Waals surface area contributed by atoms with Crippen molar-refractivity contribution in [2.24, 2.45) is 5.73 Å². The van der Waals surface area contributed by atoms with Crippen LogP contribution in [-0.4, -0.2) is 43.7 Å². The Bertz CT molecular complexity index is 1460. The summed E-state index contributed by atoms with van der Waals surface area (Å²) in [6, 6.07) is 10.5. The molecule has 0 spiro atoms. The lowest BCUT2D eigenvalue weighted by atomic mass is 10.2. The molecule has 4 N–H and O–H groups in total. The Kier molecular flexibility index (Phi) is 4.94. The first-order chi connectivity index (χ1) is 15.9. The second-order valence-electron chi connectivity index (χ2n) is 7.37. The van der Waals surface area contributed by atoms with Crippen LogP contribution in [0.4, 0.5) is 22.1 Å². The predicted octanol–water partition coefficient (Wildman–Crippen LogP) is 3.18. The minimum Gasteiger partial charge on any atom is -0.370 e. The highest BCUT2D eigenvalue weighted by molar-refractivity contribution is 7.17. The van der Waals surface area contributed by atoms with Crippen LogP contribution in [0.5, 0.6) is 0 Å². The zero-order chi connectivity index (χ0) is 23.1. The van der Waals surface area contributed by atoms with Gasteiger partial charge in [0.2, 0.25) is 11.9 Å². The second kappa shape index (κ2) is 7.95. The van der Waals surface area contributed by atoms with E-state index in [-0.39, 0.29) is 30.9 Å². The molecule has 33 heavy (non-hydrogen) atoms. The normalized spacial score (nSPS) is 12.6. The van der Waals surface area contributed by atoms with Crippen LogP contribution in [0.25, 0.3) is 21.5 Å². The van der Waals surface area contributed by atoms with E-state index in [1.165, 1.54) is 15.9 Å². The number of anilines is 2. The van der Waals surface area contributed by atoms with Crippen molar-refractivity contribution in [1.29, 1.82) is 0 Å². The molecule has 0 unspecified atom stereocenters. The van der Waals surface area contributed by atoms with E-state index in [2.05, 4.69) is 27.3 Å². The summed E-state index contributed by atoms with van der Waals surface area (Å²) in [6.45, 7) is 3.95. The Morgan fingerprint density at radius 1 is 1.21 bits per heavy atom. The van der Waals surface area contributed by atoms with Crippen LogP contribution in [0.3, 0.4) is 0 Å². The summed E-state index contributed by atoms with van der Waals surface area (Å²) in [5, 5.41) is 5.56. The molecule has 4 heterocycles. The Labute approximate surface area is 191 Å². The minimum atomic E-state index is -0.480. The molecule has 0 saturated heterocycles. The van der Waals surface area contributed by atoms with Crippen molar-refractivity contribution >= 4 is 64.3 Å². The number of amides is 4. The molecule has 4 aromatic rings. The lowest BCUT2D eigenvalue weighted by molar-refractivity contribution is -0.309. The highest BCUT2D eigenvalue weighted by Crippen LogP contribution is 2.36. The van der Waals surface area contributed by atoms with E-state index in [1.807, 2.05) is 18.2 Å². The molecular weight excluding hydrogens is 442 g/mol. The maximum absolute atomic E-state index is 13.0. The van der Waals surface area contributed by atoms with Crippen molar-refractivity contribution in [3.8, 4) is 10.4 Å². The van der Waals surface area contributed by atoms with E-state index in [0.717, 1.165) is 10.4 Å². The average molecular weight is 460 g/mol. The van der Waals surface area contributed by atoms with E-state index in [1.54, 1.807) is 35.2 Å². The Hall–Kier alpha value is -4.38. The van der Waals surface area contributed by atoms with Gasteiger partial charge in [0.1, 0.15) is 0 Å². The zero-order valence-corrected chi connectivity index (χ0v) is 18.1. The van der Waals surface area contributed by atoms with E-state index in [4.69, 9.17) is 5.73 Å². The summed E-state index contributed by atoms with van der Waals surface area (Å²) in [5.41, 5.74) is 8.65. The second-order valence-corrected chi connectivity index (χ2v) is 8.46. The molecule has 3 aromatic heterocycles. The number of nitrogens with one attached hydrogen (secondary N) is 2. The standard InChI is InChI=1S/C22H17N7O3S/c1-28-15-11-16-14(10-13(15)26-22(28)32)25-21(29(16)9-6-19(23)30)27-20(31)18-3-2-17(33-18)12-4-7-24-8-5-12/h2-5,7-8,10-11H,1,6,9H2,(H3-,23,25,26,27,30,31,32)/p+1. The number of fused-ring (bicyclic) bond motifs is 2. The van der Waals surface area contributed by atoms with Gasteiger partial charge in [-0.1, -0.05) is 0 Å². The number of rotatable bonds is 6. The first kappa shape index (κ1) is 20.5. The third-order valence-electron chi connectivity index (χ3n) is 5.25. The SMILES string of the molecule is C=[N+]1C(=O)Nc2cc3nc(NC(=O)c4ccc(-c5ccncc5)s4)n(CCC(N)=O)c3cc21. The molecule has 1 aliphatic heterocycles. The van der Waals surface area contributed by atoms with Crippen LogP contribution in [0.1, 0.15) is 16.1 Å². The van der Waals surface area contributed by atoms with E-state index in [0.29, 0.717) is 27.3 Å². The third kappa shape index (κ3) is 3.74. The van der Waals surface area contributed by atoms with Crippen molar-refractivity contribution in [3.05, 3.63) is 53.7 Å². The first-order valence-electron chi connectivity index (χ1n) is 9.96. The van der Waals surface area contributed by atoms with Crippen molar-refractivity contribution in [2.75, 3.05) is 10.6 Å². The number of benzene rings is 1. The smallest absolute Gasteiger partial charge is 0.370 e. The molecule has 0 saturated carbocycles. The minimum absolute atomic E-state index is 0.0574. The van der Waals surface area contributed by atoms with Gasteiger partial charge < -0.3 is 10.3 Å². The van der Waals surface area contributed by atoms with Crippen LogP contribution in [0.15, 0.2) is 48.8 Å². The largest absolute Gasteiger partial charge is 0.501 e. The molecule has 0 fully saturated rings. The van der Waals surface area contributed by atoms with Gasteiger partial charge in [0.25, 0.3) is 5.91 Å². The maximum atomic E-state index is 13.0. The molecule has 10 nitrogen and oxygen atoms in total. The summed E-state index contributed by atoms with van der Waals surface area (Å²) < 4.78 is 2.94. The quantitative estimate of drug-likeness (QED) is 0.380. The van der Waals surface area contributed by atoms with Gasteiger partial charge in [0.05, 0.1) is 22.6 Å². The number of primary amides is 1. The summed E-state index contributed by atoms with van der Waals surface area (Å²) in [7, 11) is 0. The van der Waals surface area contributed by atoms with Crippen molar-refractivity contribution in [3.63, 3.8) is 0 Å². The molecule has 11 heteroatoms. The topological polar surface area (TPSA) is 135 Å². The fraction of sp³-hybridized carbons (Fsp3) is 0.0909. The number of nitrogens with two attached hydrogens (primary N) is 1. The summed E-state index contributed by atoms with van der Waals surface area (Å²) in [6.07, 6.45) is 3.45. The fourth-order valence-corrected chi connectivity index (χ4v) is 4.52. The molecule has 0 atom stereocenters. The number of hydrogen-bond acceptors (Lipinski definition) is 6. The van der Waals surface area contributed by atoms with Gasteiger partial charge in [-0.15, -0.1) is 11.3 Å². The third-order valence-corrected chi connectivity index (χ3v) is 6.38. The Morgan fingerprint density at radius 2 is 2.00 bits per heavy atom. The molecule has 0 bridgehead atoms. The molecule has 0 radical (unpaired) electrons. The Balaban J connectivity index is 1.49. The highest BCUT2D eigenvalue weighted by atomic mass is 32.1.